The van der Waals surface area contributed by atoms with Crippen molar-refractivity contribution in [2.75, 3.05) is 12.4 Å². The summed E-state index contributed by atoms with van der Waals surface area (Å²) in [6.45, 7) is 2.74. The normalized spacial score (nSPS) is 20.4. The van der Waals surface area contributed by atoms with Crippen LogP contribution < -0.4 is 5.56 Å². The maximum atomic E-state index is 11.3. The minimum absolute atomic E-state index is 0.0342. The van der Waals surface area contributed by atoms with Gasteiger partial charge in [0.2, 0.25) is 0 Å². The molecular formula is C12H16N2O4S. The summed E-state index contributed by atoms with van der Waals surface area (Å²) in [6.07, 6.45) is 3.75. The third-order valence-electron chi connectivity index (χ3n) is 3.07. The molecule has 6 nitrogen and oxygen atoms in total. The van der Waals surface area contributed by atoms with Gasteiger partial charge >= 0.3 is 5.97 Å². The Kier molecular flexibility index (Phi) is 4.60. The van der Waals surface area contributed by atoms with Crippen LogP contribution in [0, 0.1) is 0 Å². The number of nitrogens with zero attached hydrogens (tertiary/aromatic N) is 2. The first-order chi connectivity index (χ1) is 9.08. The Bertz CT molecular complexity index is 511. The number of carbonyl (C=O) groups is 1. The molecule has 0 radical (unpaired) electrons. The van der Waals surface area contributed by atoms with Gasteiger partial charge in [-0.05, 0) is 19.8 Å². The van der Waals surface area contributed by atoms with Crippen LogP contribution in [0.1, 0.15) is 25.8 Å². The van der Waals surface area contributed by atoms with Crippen molar-refractivity contribution in [2.24, 2.45) is 0 Å². The van der Waals surface area contributed by atoms with Gasteiger partial charge in [0.1, 0.15) is 0 Å². The van der Waals surface area contributed by atoms with Crippen LogP contribution in [-0.4, -0.2) is 39.1 Å². The van der Waals surface area contributed by atoms with Gasteiger partial charge in [-0.2, -0.15) is 4.98 Å². The molecule has 1 aliphatic heterocycles. The van der Waals surface area contributed by atoms with Crippen molar-refractivity contribution in [3.8, 4) is 0 Å². The summed E-state index contributed by atoms with van der Waals surface area (Å²) in [5.74, 6) is -1.05. The van der Waals surface area contributed by atoms with E-state index in [0.29, 0.717) is 5.16 Å². The van der Waals surface area contributed by atoms with E-state index >= 15 is 0 Å². The third-order valence-corrected chi connectivity index (χ3v) is 4.02. The highest BCUT2D eigenvalue weighted by Crippen LogP contribution is 2.27. The molecule has 0 spiro atoms. The first kappa shape index (κ1) is 14.1. The molecule has 2 rings (SSSR count). The van der Waals surface area contributed by atoms with Gasteiger partial charge in [0.05, 0.1) is 17.9 Å². The van der Waals surface area contributed by atoms with Crippen molar-refractivity contribution >= 4 is 17.7 Å². The fourth-order valence-electron chi connectivity index (χ4n) is 2.10. The van der Waals surface area contributed by atoms with Gasteiger partial charge in [0.15, 0.2) is 5.16 Å². The van der Waals surface area contributed by atoms with Crippen molar-refractivity contribution < 1.29 is 14.6 Å². The second-order valence-electron chi connectivity index (χ2n) is 4.43. The molecule has 1 saturated heterocycles. The highest BCUT2D eigenvalue weighted by atomic mass is 32.2. The molecular weight excluding hydrogens is 268 g/mol. The van der Waals surface area contributed by atoms with E-state index in [1.165, 1.54) is 6.07 Å². The van der Waals surface area contributed by atoms with Crippen molar-refractivity contribution in [2.45, 2.75) is 37.1 Å². The fourth-order valence-corrected chi connectivity index (χ4v) is 2.89. The smallest absolute Gasteiger partial charge is 0.313 e. The monoisotopic (exact) mass is 284 g/mol. The molecule has 0 amide bonds. The quantitative estimate of drug-likeness (QED) is 0.645. The van der Waals surface area contributed by atoms with Crippen molar-refractivity contribution in [3.05, 3.63) is 22.6 Å². The van der Waals surface area contributed by atoms with E-state index in [0.717, 1.165) is 31.2 Å². The molecule has 2 unspecified atom stereocenters. The molecule has 0 bridgehead atoms. The SMILES string of the molecule is CC(C1CCCO1)n1ccc(=O)nc1SCC(=O)O. The van der Waals surface area contributed by atoms with Crippen LogP contribution in [0.2, 0.25) is 0 Å². The molecule has 2 atom stereocenters. The number of ether oxygens (including phenoxy) is 1. The number of thioether (sulfide) groups is 1. The van der Waals surface area contributed by atoms with E-state index < -0.39 is 5.97 Å². The summed E-state index contributed by atoms with van der Waals surface area (Å²) in [4.78, 5) is 25.8. The predicted molar refractivity (Wildman–Crippen MR) is 70.5 cm³/mol. The Morgan fingerprint density at radius 2 is 2.53 bits per heavy atom. The zero-order valence-electron chi connectivity index (χ0n) is 10.6. The lowest BCUT2D eigenvalue weighted by Gasteiger charge is -2.23. The van der Waals surface area contributed by atoms with Crippen molar-refractivity contribution in [1.29, 1.82) is 0 Å². The van der Waals surface area contributed by atoms with Crippen LogP contribution in [0.25, 0.3) is 0 Å². The maximum Gasteiger partial charge on any atom is 0.313 e. The van der Waals surface area contributed by atoms with Crippen LogP contribution in [0.5, 0.6) is 0 Å². The topological polar surface area (TPSA) is 81.4 Å². The second-order valence-corrected chi connectivity index (χ2v) is 5.37. The lowest BCUT2D eigenvalue weighted by molar-refractivity contribution is -0.133. The average molecular weight is 284 g/mol. The molecule has 1 aromatic heterocycles. The second kappa shape index (κ2) is 6.21. The van der Waals surface area contributed by atoms with Crippen LogP contribution in [0.15, 0.2) is 22.2 Å². The number of carboxylic acid groups (broad SMARTS) is 1. The molecule has 1 aliphatic rings. The van der Waals surface area contributed by atoms with Gasteiger partial charge in [-0.1, -0.05) is 11.8 Å². The molecule has 104 valence electrons. The van der Waals surface area contributed by atoms with E-state index in [1.54, 1.807) is 6.20 Å². The molecule has 19 heavy (non-hydrogen) atoms. The lowest BCUT2D eigenvalue weighted by atomic mass is 10.1. The van der Waals surface area contributed by atoms with Crippen LogP contribution in [-0.2, 0) is 9.53 Å². The Labute approximate surface area is 114 Å². The van der Waals surface area contributed by atoms with Gasteiger partial charge in [-0.15, -0.1) is 0 Å². The van der Waals surface area contributed by atoms with Gasteiger partial charge in [0, 0.05) is 18.9 Å². The van der Waals surface area contributed by atoms with Crippen LogP contribution in [0.4, 0.5) is 0 Å². The number of aromatic nitrogens is 2. The Morgan fingerprint density at radius 1 is 1.74 bits per heavy atom. The molecule has 1 aromatic rings. The number of carboxylic acids is 1. The number of hydrogen-bond acceptors (Lipinski definition) is 5. The van der Waals surface area contributed by atoms with Gasteiger partial charge < -0.3 is 14.4 Å². The summed E-state index contributed by atoms with van der Waals surface area (Å²) in [5.41, 5.74) is -0.358. The highest BCUT2D eigenvalue weighted by molar-refractivity contribution is 7.99. The molecule has 1 fully saturated rings. The first-order valence-corrected chi connectivity index (χ1v) is 7.12. The first-order valence-electron chi connectivity index (χ1n) is 6.13. The number of rotatable bonds is 5. The maximum absolute atomic E-state index is 11.3. The van der Waals surface area contributed by atoms with Gasteiger partial charge in [0.25, 0.3) is 5.56 Å². The van der Waals surface area contributed by atoms with E-state index in [2.05, 4.69) is 4.98 Å². The zero-order chi connectivity index (χ0) is 13.8. The summed E-state index contributed by atoms with van der Waals surface area (Å²) in [7, 11) is 0. The summed E-state index contributed by atoms with van der Waals surface area (Å²) < 4.78 is 7.45. The minimum atomic E-state index is -0.931. The van der Waals surface area contributed by atoms with Crippen LogP contribution >= 0.6 is 11.8 Å². The van der Waals surface area contributed by atoms with Gasteiger partial charge in [-0.25, -0.2) is 0 Å². The number of hydrogen-bond donors (Lipinski definition) is 1. The minimum Gasteiger partial charge on any atom is -0.481 e. The summed E-state index contributed by atoms with van der Waals surface area (Å²) in [6, 6.07) is 1.42. The van der Waals surface area contributed by atoms with E-state index in [4.69, 9.17) is 9.84 Å². The Balaban J connectivity index is 2.22. The highest BCUT2D eigenvalue weighted by Gasteiger charge is 2.25. The number of aliphatic carboxylic acids is 1. The van der Waals surface area contributed by atoms with Crippen LogP contribution in [0.3, 0.4) is 0 Å². The molecule has 0 aromatic carbocycles. The van der Waals surface area contributed by atoms with Crippen molar-refractivity contribution in [3.63, 3.8) is 0 Å². The Hall–Kier alpha value is -1.34. The molecule has 0 saturated carbocycles. The van der Waals surface area contributed by atoms with Gasteiger partial charge in [-0.3, -0.25) is 9.59 Å². The molecule has 1 N–H and O–H groups in total. The standard InChI is InChI=1S/C12H16N2O4S/c1-8(9-3-2-6-18-9)14-5-4-10(15)13-12(14)19-7-11(16)17/h4-5,8-9H,2-3,6-7H2,1H3,(H,16,17). The summed E-state index contributed by atoms with van der Waals surface area (Å²) in [5, 5.41) is 9.15. The summed E-state index contributed by atoms with van der Waals surface area (Å²) >= 11 is 1.05. The largest absolute Gasteiger partial charge is 0.481 e. The zero-order valence-corrected chi connectivity index (χ0v) is 11.4. The van der Waals surface area contributed by atoms with E-state index in [1.807, 2.05) is 11.5 Å². The lowest BCUT2D eigenvalue weighted by Crippen LogP contribution is -2.25. The Morgan fingerprint density at radius 3 is 3.16 bits per heavy atom. The fraction of sp³-hybridized carbons (Fsp3) is 0.583. The van der Waals surface area contributed by atoms with E-state index in [-0.39, 0.29) is 23.5 Å². The predicted octanol–water partition coefficient (Wildman–Crippen LogP) is 1.16. The molecule has 2 heterocycles. The molecule has 7 heteroatoms. The molecule has 0 aliphatic carbocycles. The van der Waals surface area contributed by atoms with Crippen molar-refractivity contribution in [1.82, 2.24) is 9.55 Å². The third kappa shape index (κ3) is 3.57. The van der Waals surface area contributed by atoms with E-state index in [9.17, 15) is 9.59 Å². The average Bonchev–Trinajstić information content (AvgIpc) is 2.89.